The van der Waals surface area contributed by atoms with Crippen LogP contribution in [0.3, 0.4) is 0 Å². The van der Waals surface area contributed by atoms with Crippen molar-refractivity contribution in [3.05, 3.63) is 0 Å². The smallest absolute Gasteiger partial charge is 0.389 e. The van der Waals surface area contributed by atoms with Gasteiger partial charge < -0.3 is 5.11 Å². The van der Waals surface area contributed by atoms with Gasteiger partial charge in [0.2, 0.25) is 10.0 Å². The number of carbonyl (C=O) groups is 1. The molecule has 0 rings (SSSR count). The molecule has 0 aromatic rings. The fourth-order valence-electron chi connectivity index (χ4n) is 1.45. The third-order valence-electron chi connectivity index (χ3n) is 2.28. The Labute approximate surface area is 110 Å². The molecule has 2 N–H and O–H groups in total. The second-order valence-electron chi connectivity index (χ2n) is 4.34. The van der Waals surface area contributed by atoms with Gasteiger partial charge in [0.25, 0.3) is 0 Å². The third-order valence-corrected chi connectivity index (χ3v) is 3.87. The molecule has 1 unspecified atom stereocenters. The molecule has 0 amide bonds. The number of halogens is 3. The predicted molar refractivity (Wildman–Crippen MR) is 63.2 cm³/mol. The fraction of sp³-hybridized carbons (Fsp3) is 0.900. The van der Waals surface area contributed by atoms with Gasteiger partial charge in [-0.15, -0.1) is 0 Å². The normalized spacial score (nSPS) is 14.3. The first-order chi connectivity index (χ1) is 8.52. The second kappa shape index (κ2) is 7.68. The van der Waals surface area contributed by atoms with Crippen molar-refractivity contribution in [1.29, 1.82) is 0 Å². The summed E-state index contributed by atoms with van der Waals surface area (Å²) in [6.45, 7) is 1.54. The number of nitrogens with one attached hydrogen (secondary N) is 1. The standard InChI is InChI=1S/C10H18F3NO4S/c1-8(4-2-5-9(15)16)14-19(17,18)7-3-6-10(11,12)13/h8,14H,2-7H2,1H3,(H,15,16). The lowest BCUT2D eigenvalue weighted by molar-refractivity contribution is -0.137. The maximum absolute atomic E-state index is 11.9. The molecule has 0 aliphatic rings. The fourth-order valence-corrected chi connectivity index (χ4v) is 2.82. The van der Waals surface area contributed by atoms with Gasteiger partial charge in [-0.1, -0.05) is 0 Å². The highest BCUT2D eigenvalue weighted by atomic mass is 32.2. The topological polar surface area (TPSA) is 83.5 Å². The minimum atomic E-state index is -4.36. The summed E-state index contributed by atoms with van der Waals surface area (Å²) in [4.78, 5) is 10.3. The molecule has 0 fully saturated rings. The summed E-state index contributed by atoms with van der Waals surface area (Å²) in [5.74, 6) is -1.56. The number of aliphatic carboxylic acids is 1. The van der Waals surface area contributed by atoms with Gasteiger partial charge in [-0.2, -0.15) is 13.2 Å². The van der Waals surface area contributed by atoms with E-state index in [2.05, 4.69) is 4.72 Å². The Balaban J connectivity index is 3.97. The lowest BCUT2D eigenvalue weighted by Crippen LogP contribution is -2.34. The Bertz CT molecular complexity index is 381. The van der Waals surface area contributed by atoms with Crippen molar-refractivity contribution in [3.63, 3.8) is 0 Å². The molecule has 0 heterocycles. The average molecular weight is 305 g/mol. The van der Waals surface area contributed by atoms with Crippen molar-refractivity contribution >= 4 is 16.0 Å². The van der Waals surface area contributed by atoms with Crippen LogP contribution in [-0.2, 0) is 14.8 Å². The molecule has 0 aromatic carbocycles. The largest absolute Gasteiger partial charge is 0.481 e. The zero-order valence-electron chi connectivity index (χ0n) is 10.5. The van der Waals surface area contributed by atoms with Crippen LogP contribution in [0.5, 0.6) is 0 Å². The minimum absolute atomic E-state index is 0.0693. The Kier molecular flexibility index (Phi) is 7.35. The van der Waals surface area contributed by atoms with Crippen molar-refractivity contribution in [2.75, 3.05) is 5.75 Å². The van der Waals surface area contributed by atoms with E-state index < -0.39 is 46.8 Å². The quantitative estimate of drug-likeness (QED) is 0.681. The summed E-state index contributed by atoms with van der Waals surface area (Å²) in [7, 11) is -3.75. The number of carboxylic acid groups (broad SMARTS) is 1. The highest BCUT2D eigenvalue weighted by Crippen LogP contribution is 2.21. The van der Waals surface area contributed by atoms with Gasteiger partial charge in [0, 0.05) is 18.9 Å². The molecule has 0 aromatic heterocycles. The summed E-state index contributed by atoms with van der Waals surface area (Å²) >= 11 is 0. The Morgan fingerprint density at radius 2 is 1.89 bits per heavy atom. The van der Waals surface area contributed by atoms with Crippen LogP contribution in [0.1, 0.15) is 39.0 Å². The number of hydrogen-bond acceptors (Lipinski definition) is 3. The van der Waals surface area contributed by atoms with Crippen LogP contribution >= 0.6 is 0 Å². The molecule has 0 saturated heterocycles. The first-order valence-corrected chi connectivity index (χ1v) is 7.45. The van der Waals surface area contributed by atoms with Gasteiger partial charge in [-0.05, 0) is 26.2 Å². The van der Waals surface area contributed by atoms with E-state index in [4.69, 9.17) is 5.11 Å². The zero-order chi connectivity index (χ0) is 15.1. The molecule has 1 atom stereocenters. The Hall–Kier alpha value is -0.830. The van der Waals surface area contributed by atoms with E-state index in [-0.39, 0.29) is 6.42 Å². The average Bonchev–Trinajstić information content (AvgIpc) is 2.12. The lowest BCUT2D eigenvalue weighted by Gasteiger charge is -2.14. The molecule has 5 nitrogen and oxygen atoms in total. The highest BCUT2D eigenvalue weighted by Gasteiger charge is 2.27. The van der Waals surface area contributed by atoms with E-state index in [9.17, 15) is 26.4 Å². The van der Waals surface area contributed by atoms with E-state index in [1.165, 1.54) is 0 Å². The van der Waals surface area contributed by atoms with Crippen LogP contribution in [0.4, 0.5) is 13.2 Å². The van der Waals surface area contributed by atoms with Crippen molar-refractivity contribution in [2.24, 2.45) is 0 Å². The van der Waals surface area contributed by atoms with E-state index in [0.717, 1.165) is 0 Å². The highest BCUT2D eigenvalue weighted by molar-refractivity contribution is 7.89. The SMILES string of the molecule is CC(CCCC(=O)O)NS(=O)(=O)CCCC(F)(F)F. The molecule has 0 spiro atoms. The first kappa shape index (κ1) is 18.2. The van der Waals surface area contributed by atoms with E-state index >= 15 is 0 Å². The van der Waals surface area contributed by atoms with Gasteiger partial charge in [-0.25, -0.2) is 13.1 Å². The van der Waals surface area contributed by atoms with Gasteiger partial charge >= 0.3 is 12.1 Å². The van der Waals surface area contributed by atoms with Crippen molar-refractivity contribution in [1.82, 2.24) is 4.72 Å². The second-order valence-corrected chi connectivity index (χ2v) is 6.22. The molecular weight excluding hydrogens is 287 g/mol. The van der Waals surface area contributed by atoms with Gasteiger partial charge in [0.1, 0.15) is 0 Å². The van der Waals surface area contributed by atoms with E-state index in [0.29, 0.717) is 12.8 Å². The molecule has 0 radical (unpaired) electrons. The monoisotopic (exact) mass is 305 g/mol. The summed E-state index contributed by atoms with van der Waals surface area (Å²) in [6, 6.07) is -0.491. The summed E-state index contributed by atoms with van der Waals surface area (Å²) < 4.78 is 60.7. The number of alkyl halides is 3. The number of rotatable bonds is 9. The molecule has 9 heteroatoms. The van der Waals surface area contributed by atoms with Crippen LogP contribution in [0.2, 0.25) is 0 Å². The van der Waals surface area contributed by atoms with Crippen molar-refractivity contribution in [2.45, 2.75) is 51.2 Å². The molecule has 114 valence electrons. The molecule has 0 aliphatic heterocycles. The summed E-state index contributed by atoms with van der Waals surface area (Å²) in [6.07, 6.45) is -5.42. The van der Waals surface area contributed by atoms with Gasteiger partial charge in [0.05, 0.1) is 5.75 Å². The molecule has 0 saturated carbocycles. The number of hydrogen-bond donors (Lipinski definition) is 2. The molecule has 0 bridgehead atoms. The number of sulfonamides is 1. The number of carboxylic acids is 1. The first-order valence-electron chi connectivity index (χ1n) is 5.80. The summed E-state index contributed by atoms with van der Waals surface area (Å²) in [5.41, 5.74) is 0. The Morgan fingerprint density at radius 1 is 1.32 bits per heavy atom. The Morgan fingerprint density at radius 3 is 2.37 bits per heavy atom. The van der Waals surface area contributed by atoms with E-state index in [1.54, 1.807) is 6.92 Å². The molecule has 0 aliphatic carbocycles. The van der Waals surface area contributed by atoms with Crippen LogP contribution in [0.25, 0.3) is 0 Å². The van der Waals surface area contributed by atoms with Crippen LogP contribution in [0, 0.1) is 0 Å². The molecule has 19 heavy (non-hydrogen) atoms. The molecular formula is C10H18F3NO4S. The maximum Gasteiger partial charge on any atom is 0.389 e. The van der Waals surface area contributed by atoms with Crippen LogP contribution in [-0.4, -0.2) is 37.5 Å². The van der Waals surface area contributed by atoms with Gasteiger partial charge in [-0.3, -0.25) is 4.79 Å². The maximum atomic E-state index is 11.9. The predicted octanol–water partition coefficient (Wildman–Crippen LogP) is 1.89. The lowest BCUT2D eigenvalue weighted by atomic mass is 10.1. The van der Waals surface area contributed by atoms with E-state index in [1.807, 2.05) is 0 Å². The van der Waals surface area contributed by atoms with Crippen molar-refractivity contribution < 1.29 is 31.5 Å². The van der Waals surface area contributed by atoms with Crippen LogP contribution in [0.15, 0.2) is 0 Å². The van der Waals surface area contributed by atoms with Gasteiger partial charge in [0.15, 0.2) is 0 Å². The zero-order valence-corrected chi connectivity index (χ0v) is 11.4. The van der Waals surface area contributed by atoms with Crippen molar-refractivity contribution in [3.8, 4) is 0 Å². The third kappa shape index (κ3) is 12.0. The summed E-state index contributed by atoms with van der Waals surface area (Å²) in [5, 5.41) is 8.41. The minimum Gasteiger partial charge on any atom is -0.481 e. The van der Waals surface area contributed by atoms with Crippen LogP contribution < -0.4 is 4.72 Å².